The van der Waals surface area contributed by atoms with Gasteiger partial charge in [-0.3, -0.25) is 4.79 Å². The zero-order chi connectivity index (χ0) is 11.7. The summed E-state index contributed by atoms with van der Waals surface area (Å²) < 4.78 is 0. The summed E-state index contributed by atoms with van der Waals surface area (Å²) in [4.78, 5) is 15.2. The van der Waals surface area contributed by atoms with Crippen LogP contribution in [0.15, 0.2) is 30.5 Å². The van der Waals surface area contributed by atoms with Crippen LogP contribution in [0, 0.1) is 0 Å². The van der Waals surface area contributed by atoms with Crippen molar-refractivity contribution in [3.8, 4) is 0 Å². The van der Waals surface area contributed by atoms with Gasteiger partial charge in [-0.2, -0.15) is 0 Å². The quantitative estimate of drug-likeness (QED) is 0.815. The molecule has 3 nitrogen and oxygen atoms in total. The monoisotopic (exact) mass is 228 g/mol. The number of H-pyrrole nitrogens is 1. The first-order valence-corrected chi connectivity index (χ1v) is 6.21. The molecule has 17 heavy (non-hydrogen) atoms. The lowest BCUT2D eigenvalue weighted by Gasteiger charge is -2.11. The van der Waals surface area contributed by atoms with Gasteiger partial charge >= 0.3 is 0 Å². The Labute approximate surface area is 100 Å². The average Bonchev–Trinajstić information content (AvgIpc) is 2.97. The van der Waals surface area contributed by atoms with Crippen LogP contribution in [0.3, 0.4) is 0 Å². The number of nitrogens with one attached hydrogen (secondary N) is 2. The molecule has 1 aliphatic rings. The van der Waals surface area contributed by atoms with E-state index in [1.54, 1.807) is 0 Å². The van der Waals surface area contributed by atoms with Gasteiger partial charge in [0, 0.05) is 23.3 Å². The van der Waals surface area contributed by atoms with Gasteiger partial charge in [-0.1, -0.05) is 18.9 Å². The lowest BCUT2D eigenvalue weighted by Crippen LogP contribution is -2.32. The van der Waals surface area contributed by atoms with E-state index in [4.69, 9.17) is 0 Å². The maximum Gasteiger partial charge on any atom is 0.251 e. The third-order valence-electron chi connectivity index (χ3n) is 3.51. The van der Waals surface area contributed by atoms with E-state index in [1.165, 1.54) is 12.8 Å². The zero-order valence-electron chi connectivity index (χ0n) is 9.70. The number of hydrogen-bond acceptors (Lipinski definition) is 1. The molecule has 3 heteroatoms. The van der Waals surface area contributed by atoms with Crippen LogP contribution in [0.1, 0.15) is 36.0 Å². The Morgan fingerprint density at radius 3 is 2.88 bits per heavy atom. The second-order valence-corrected chi connectivity index (χ2v) is 4.73. The van der Waals surface area contributed by atoms with Gasteiger partial charge in [0.15, 0.2) is 0 Å². The second kappa shape index (κ2) is 4.24. The van der Waals surface area contributed by atoms with Crippen molar-refractivity contribution in [3.63, 3.8) is 0 Å². The molecule has 1 aromatic carbocycles. The molecule has 2 N–H and O–H groups in total. The molecular formula is C14H16N2O. The fourth-order valence-electron chi connectivity index (χ4n) is 2.53. The van der Waals surface area contributed by atoms with Crippen LogP contribution in [0.2, 0.25) is 0 Å². The van der Waals surface area contributed by atoms with Crippen LogP contribution < -0.4 is 5.32 Å². The SMILES string of the molecule is O=C(NC1CCCC1)c1ccc2cc[nH]c2c1. The van der Waals surface area contributed by atoms with E-state index in [9.17, 15) is 4.79 Å². The molecule has 0 aliphatic heterocycles. The maximum atomic E-state index is 12.0. The number of rotatable bonds is 2. The Morgan fingerprint density at radius 1 is 1.24 bits per heavy atom. The summed E-state index contributed by atoms with van der Waals surface area (Å²) in [5.74, 6) is 0.0494. The molecule has 1 aliphatic carbocycles. The van der Waals surface area contributed by atoms with Crippen LogP contribution in [-0.2, 0) is 0 Å². The molecule has 1 saturated carbocycles. The molecule has 2 aromatic rings. The Hall–Kier alpha value is -1.77. The van der Waals surface area contributed by atoms with E-state index < -0.39 is 0 Å². The van der Waals surface area contributed by atoms with E-state index in [2.05, 4.69) is 10.3 Å². The van der Waals surface area contributed by atoms with E-state index in [1.807, 2.05) is 30.5 Å². The molecule has 3 rings (SSSR count). The van der Waals surface area contributed by atoms with Gasteiger partial charge in [0.05, 0.1) is 0 Å². The minimum atomic E-state index is 0.0494. The van der Waals surface area contributed by atoms with Gasteiger partial charge in [-0.15, -0.1) is 0 Å². The number of aromatic nitrogens is 1. The van der Waals surface area contributed by atoms with Gasteiger partial charge in [0.1, 0.15) is 0 Å². The molecule has 0 atom stereocenters. The van der Waals surface area contributed by atoms with E-state index in [0.29, 0.717) is 6.04 Å². The van der Waals surface area contributed by atoms with Gasteiger partial charge < -0.3 is 10.3 Å². The summed E-state index contributed by atoms with van der Waals surface area (Å²) >= 11 is 0. The van der Waals surface area contributed by atoms with E-state index in [-0.39, 0.29) is 5.91 Å². The van der Waals surface area contributed by atoms with Crippen LogP contribution in [0.25, 0.3) is 10.9 Å². The highest BCUT2D eigenvalue weighted by atomic mass is 16.1. The Balaban J connectivity index is 1.79. The molecular weight excluding hydrogens is 212 g/mol. The van der Waals surface area contributed by atoms with Crippen molar-refractivity contribution in [1.82, 2.24) is 10.3 Å². The molecule has 0 unspecified atom stereocenters. The fourth-order valence-corrected chi connectivity index (χ4v) is 2.53. The predicted octanol–water partition coefficient (Wildman–Crippen LogP) is 2.84. The summed E-state index contributed by atoms with van der Waals surface area (Å²) in [7, 11) is 0. The highest BCUT2D eigenvalue weighted by Crippen LogP contribution is 2.19. The number of hydrogen-bond donors (Lipinski definition) is 2. The van der Waals surface area contributed by atoms with Crippen molar-refractivity contribution in [2.24, 2.45) is 0 Å². The summed E-state index contributed by atoms with van der Waals surface area (Å²) in [6, 6.07) is 8.17. The molecule has 1 aromatic heterocycles. The molecule has 0 bridgehead atoms. The molecule has 88 valence electrons. The first kappa shape index (κ1) is 10.4. The number of fused-ring (bicyclic) bond motifs is 1. The van der Waals surface area contributed by atoms with Crippen LogP contribution in [-0.4, -0.2) is 16.9 Å². The number of benzene rings is 1. The third kappa shape index (κ3) is 2.05. The van der Waals surface area contributed by atoms with Gasteiger partial charge in [0.2, 0.25) is 0 Å². The molecule has 0 saturated heterocycles. The molecule has 1 heterocycles. The first-order valence-electron chi connectivity index (χ1n) is 6.21. The third-order valence-corrected chi connectivity index (χ3v) is 3.51. The van der Waals surface area contributed by atoms with E-state index in [0.717, 1.165) is 29.3 Å². The van der Waals surface area contributed by atoms with Gasteiger partial charge in [-0.05, 0) is 36.4 Å². The minimum Gasteiger partial charge on any atom is -0.361 e. The largest absolute Gasteiger partial charge is 0.361 e. The maximum absolute atomic E-state index is 12.0. The molecule has 1 amide bonds. The number of aromatic amines is 1. The lowest BCUT2D eigenvalue weighted by atomic mass is 10.1. The number of amides is 1. The smallest absolute Gasteiger partial charge is 0.251 e. The van der Waals surface area contributed by atoms with Crippen LogP contribution in [0.4, 0.5) is 0 Å². The summed E-state index contributed by atoms with van der Waals surface area (Å²) in [5, 5.41) is 4.24. The molecule has 1 fully saturated rings. The highest BCUT2D eigenvalue weighted by Gasteiger charge is 2.17. The predicted molar refractivity (Wildman–Crippen MR) is 68.0 cm³/mol. The summed E-state index contributed by atoms with van der Waals surface area (Å²) in [6.07, 6.45) is 6.61. The number of carbonyl (C=O) groups is 1. The average molecular weight is 228 g/mol. The zero-order valence-corrected chi connectivity index (χ0v) is 9.70. The molecule has 0 radical (unpaired) electrons. The lowest BCUT2D eigenvalue weighted by molar-refractivity contribution is 0.0938. The summed E-state index contributed by atoms with van der Waals surface area (Å²) in [6.45, 7) is 0. The molecule has 0 spiro atoms. The first-order chi connectivity index (χ1) is 8.33. The Kier molecular flexibility index (Phi) is 2.59. The van der Waals surface area contributed by atoms with Crippen LogP contribution >= 0.6 is 0 Å². The highest BCUT2D eigenvalue weighted by molar-refractivity contribution is 5.98. The van der Waals surface area contributed by atoms with Gasteiger partial charge in [0.25, 0.3) is 5.91 Å². The van der Waals surface area contributed by atoms with Crippen molar-refractivity contribution >= 4 is 16.8 Å². The Morgan fingerprint density at radius 2 is 2.06 bits per heavy atom. The van der Waals surface area contributed by atoms with Crippen molar-refractivity contribution in [2.45, 2.75) is 31.7 Å². The topological polar surface area (TPSA) is 44.9 Å². The van der Waals surface area contributed by atoms with E-state index >= 15 is 0 Å². The standard InChI is InChI=1S/C14H16N2O/c17-14(16-12-3-1-2-4-12)11-6-5-10-7-8-15-13(10)9-11/h5-9,12,15H,1-4H2,(H,16,17). The van der Waals surface area contributed by atoms with Crippen molar-refractivity contribution in [3.05, 3.63) is 36.0 Å². The number of carbonyl (C=O) groups excluding carboxylic acids is 1. The van der Waals surface area contributed by atoms with Crippen molar-refractivity contribution in [1.29, 1.82) is 0 Å². The minimum absolute atomic E-state index is 0.0494. The van der Waals surface area contributed by atoms with Crippen molar-refractivity contribution < 1.29 is 4.79 Å². The van der Waals surface area contributed by atoms with Crippen LogP contribution in [0.5, 0.6) is 0 Å². The summed E-state index contributed by atoms with van der Waals surface area (Å²) in [5.41, 5.74) is 1.76. The Bertz CT molecular complexity index is 538. The normalized spacial score (nSPS) is 16.5. The second-order valence-electron chi connectivity index (χ2n) is 4.73. The van der Waals surface area contributed by atoms with Crippen molar-refractivity contribution in [2.75, 3.05) is 0 Å². The van der Waals surface area contributed by atoms with Gasteiger partial charge in [-0.25, -0.2) is 0 Å². The fraction of sp³-hybridized carbons (Fsp3) is 0.357.